The Balaban J connectivity index is 1.56. The van der Waals surface area contributed by atoms with Gasteiger partial charge in [-0.15, -0.1) is 5.11 Å². The topological polar surface area (TPSA) is 88.2 Å². The molecule has 4 aromatic rings. The Labute approximate surface area is 179 Å². The monoisotopic (exact) mass is 414 g/mol. The van der Waals surface area contributed by atoms with Crippen LogP contribution in [-0.2, 0) is 17.9 Å². The normalized spacial score (nSPS) is 11.1. The molecule has 7 heteroatoms. The van der Waals surface area contributed by atoms with E-state index in [4.69, 9.17) is 4.74 Å². The molecule has 1 aromatic heterocycles. The molecule has 0 saturated heterocycles. The molecular weight excluding hydrogens is 392 g/mol. The number of amides is 1. The summed E-state index contributed by atoms with van der Waals surface area (Å²) in [5.74, 6) is 0.432. The highest BCUT2D eigenvalue weighted by atomic mass is 16.5. The van der Waals surface area contributed by atoms with Gasteiger partial charge in [0.25, 0.3) is 0 Å². The zero-order valence-electron chi connectivity index (χ0n) is 17.0. The van der Waals surface area contributed by atoms with Crippen LogP contribution >= 0.6 is 0 Å². The smallest absolute Gasteiger partial charge is 0.244 e. The van der Waals surface area contributed by atoms with Gasteiger partial charge in [0.1, 0.15) is 12.3 Å². The quantitative estimate of drug-likeness (QED) is 0.403. The number of methoxy groups -OCH3 is 1. The van der Waals surface area contributed by atoms with E-state index in [1.807, 2.05) is 78.9 Å². The first kappa shape index (κ1) is 20.2. The third kappa shape index (κ3) is 4.56. The lowest BCUT2D eigenvalue weighted by Crippen LogP contribution is -2.18. The van der Waals surface area contributed by atoms with E-state index in [1.54, 1.807) is 7.11 Å². The number of rotatable bonds is 7. The van der Waals surface area contributed by atoms with E-state index in [9.17, 15) is 9.90 Å². The van der Waals surface area contributed by atoms with Crippen molar-refractivity contribution in [2.45, 2.75) is 13.1 Å². The molecule has 0 aliphatic heterocycles. The Bertz CT molecular complexity index is 1220. The summed E-state index contributed by atoms with van der Waals surface area (Å²) >= 11 is 0. The number of hydrogen-bond acceptors (Lipinski definition) is 5. The van der Waals surface area contributed by atoms with Gasteiger partial charge in [-0.25, -0.2) is 0 Å². The van der Waals surface area contributed by atoms with Crippen molar-refractivity contribution in [1.82, 2.24) is 4.57 Å². The van der Waals surface area contributed by atoms with Gasteiger partial charge in [0, 0.05) is 11.1 Å². The standard InChI is InChI=1S/C24H22N4O3/c1-31-19-13-11-17(12-14-19)15-25-27-23-20-9-5-6-10-21(20)28(24(23)30)16-22(29)26-18-7-3-2-4-8-18/h2-14,30H,15-16H2,1H3,(H,26,29). The third-order valence-corrected chi connectivity index (χ3v) is 4.86. The minimum atomic E-state index is -0.246. The Kier molecular flexibility index (Phi) is 5.93. The lowest BCUT2D eigenvalue weighted by atomic mass is 10.2. The fraction of sp³-hybridized carbons (Fsp3) is 0.125. The van der Waals surface area contributed by atoms with Gasteiger partial charge in [-0.3, -0.25) is 4.79 Å². The van der Waals surface area contributed by atoms with E-state index in [1.165, 1.54) is 4.57 Å². The Morgan fingerprint density at radius 1 is 1.00 bits per heavy atom. The van der Waals surface area contributed by atoms with Crippen molar-refractivity contribution in [2.75, 3.05) is 12.4 Å². The molecule has 0 saturated carbocycles. The molecule has 0 spiro atoms. The molecule has 0 radical (unpaired) electrons. The van der Waals surface area contributed by atoms with Crippen LogP contribution in [0.5, 0.6) is 11.6 Å². The maximum Gasteiger partial charge on any atom is 0.244 e. The van der Waals surface area contributed by atoms with Crippen LogP contribution in [-0.4, -0.2) is 22.7 Å². The molecule has 0 bridgehead atoms. The molecule has 4 rings (SSSR count). The summed E-state index contributed by atoms with van der Waals surface area (Å²) in [7, 11) is 1.62. The predicted octanol–water partition coefficient (Wildman–Crippen LogP) is 5.28. The van der Waals surface area contributed by atoms with Crippen LogP contribution in [0.3, 0.4) is 0 Å². The number of ether oxygens (including phenoxy) is 1. The van der Waals surface area contributed by atoms with Crippen LogP contribution in [0.2, 0.25) is 0 Å². The average Bonchev–Trinajstić information content (AvgIpc) is 3.06. The van der Waals surface area contributed by atoms with Gasteiger partial charge >= 0.3 is 0 Å². The SMILES string of the molecule is COc1ccc(CN=Nc2c(O)n(CC(=O)Nc3ccccc3)c3ccccc23)cc1. The Morgan fingerprint density at radius 2 is 1.71 bits per heavy atom. The number of nitrogens with zero attached hydrogens (tertiary/aromatic N) is 3. The molecular formula is C24H22N4O3. The summed E-state index contributed by atoms with van der Waals surface area (Å²) in [5, 5.41) is 22.9. The fourth-order valence-electron chi connectivity index (χ4n) is 3.31. The number of carbonyl (C=O) groups excluding carboxylic acids is 1. The zero-order valence-corrected chi connectivity index (χ0v) is 17.0. The fourth-order valence-corrected chi connectivity index (χ4v) is 3.31. The number of azo groups is 1. The second-order valence-electron chi connectivity index (χ2n) is 6.94. The van der Waals surface area contributed by atoms with Crippen LogP contribution < -0.4 is 10.1 Å². The molecule has 156 valence electrons. The largest absolute Gasteiger partial charge is 0.497 e. The summed E-state index contributed by atoms with van der Waals surface area (Å²) in [4.78, 5) is 12.5. The Morgan fingerprint density at radius 3 is 2.45 bits per heavy atom. The molecule has 0 aliphatic carbocycles. The highest BCUT2D eigenvalue weighted by Crippen LogP contribution is 2.38. The van der Waals surface area contributed by atoms with Gasteiger partial charge in [0.15, 0.2) is 5.69 Å². The minimum absolute atomic E-state index is 0.0464. The second kappa shape index (κ2) is 9.13. The minimum Gasteiger partial charge on any atom is -0.497 e. The number of carbonyl (C=O) groups is 1. The first-order valence-corrected chi connectivity index (χ1v) is 9.81. The van der Waals surface area contributed by atoms with E-state index >= 15 is 0 Å². The second-order valence-corrected chi connectivity index (χ2v) is 6.94. The van der Waals surface area contributed by atoms with Crippen LogP contribution in [0, 0.1) is 0 Å². The van der Waals surface area contributed by atoms with E-state index in [-0.39, 0.29) is 18.3 Å². The number of para-hydroxylation sites is 2. The molecule has 3 aromatic carbocycles. The number of fused-ring (bicyclic) bond motifs is 1. The molecule has 2 N–H and O–H groups in total. The summed E-state index contributed by atoms with van der Waals surface area (Å²) < 4.78 is 6.69. The summed E-state index contributed by atoms with van der Waals surface area (Å²) in [6.07, 6.45) is 0. The van der Waals surface area contributed by atoms with Crippen molar-refractivity contribution in [2.24, 2.45) is 10.2 Å². The van der Waals surface area contributed by atoms with Crippen molar-refractivity contribution in [3.05, 3.63) is 84.4 Å². The van der Waals surface area contributed by atoms with Crippen molar-refractivity contribution in [1.29, 1.82) is 0 Å². The maximum atomic E-state index is 12.5. The van der Waals surface area contributed by atoms with Gasteiger partial charge in [0.2, 0.25) is 11.8 Å². The number of anilines is 1. The van der Waals surface area contributed by atoms with E-state index in [0.29, 0.717) is 23.4 Å². The molecule has 31 heavy (non-hydrogen) atoms. The lowest BCUT2D eigenvalue weighted by Gasteiger charge is -2.08. The van der Waals surface area contributed by atoms with Crippen molar-refractivity contribution in [3.8, 4) is 11.6 Å². The van der Waals surface area contributed by atoms with E-state index < -0.39 is 0 Å². The number of benzene rings is 3. The van der Waals surface area contributed by atoms with Crippen molar-refractivity contribution in [3.63, 3.8) is 0 Å². The molecule has 0 unspecified atom stereocenters. The predicted molar refractivity (Wildman–Crippen MR) is 120 cm³/mol. The molecule has 1 amide bonds. The van der Waals surface area contributed by atoms with Crippen LogP contribution in [0.1, 0.15) is 5.56 Å². The molecule has 0 atom stereocenters. The summed E-state index contributed by atoms with van der Waals surface area (Å²) in [6, 6.07) is 24.1. The molecule has 1 heterocycles. The Hall–Kier alpha value is -4.13. The first-order valence-electron chi connectivity index (χ1n) is 9.81. The van der Waals surface area contributed by atoms with Gasteiger partial charge in [-0.1, -0.05) is 48.5 Å². The number of aromatic hydroxyl groups is 1. The van der Waals surface area contributed by atoms with E-state index in [0.717, 1.165) is 16.7 Å². The average molecular weight is 414 g/mol. The zero-order chi connectivity index (χ0) is 21.6. The van der Waals surface area contributed by atoms with Crippen LogP contribution in [0.15, 0.2) is 89.1 Å². The van der Waals surface area contributed by atoms with Gasteiger partial charge in [0.05, 0.1) is 19.2 Å². The van der Waals surface area contributed by atoms with Crippen molar-refractivity contribution >= 4 is 28.2 Å². The highest BCUT2D eigenvalue weighted by Gasteiger charge is 2.18. The number of hydrogen-bond donors (Lipinski definition) is 2. The molecule has 7 nitrogen and oxygen atoms in total. The van der Waals surface area contributed by atoms with Crippen LogP contribution in [0.25, 0.3) is 10.9 Å². The van der Waals surface area contributed by atoms with E-state index in [2.05, 4.69) is 15.5 Å². The summed E-state index contributed by atoms with van der Waals surface area (Å²) in [5.41, 5.74) is 2.72. The third-order valence-electron chi connectivity index (χ3n) is 4.86. The number of aromatic nitrogens is 1. The molecule has 0 fully saturated rings. The van der Waals surface area contributed by atoms with Gasteiger partial charge in [-0.2, -0.15) is 5.11 Å². The maximum absolute atomic E-state index is 12.5. The lowest BCUT2D eigenvalue weighted by molar-refractivity contribution is -0.116. The highest BCUT2D eigenvalue weighted by molar-refractivity contribution is 5.97. The summed E-state index contributed by atoms with van der Waals surface area (Å²) in [6.45, 7) is 0.312. The van der Waals surface area contributed by atoms with Crippen molar-refractivity contribution < 1.29 is 14.6 Å². The van der Waals surface area contributed by atoms with Gasteiger partial charge in [-0.05, 0) is 35.9 Å². The van der Waals surface area contributed by atoms with Gasteiger partial charge < -0.3 is 19.7 Å². The first-order chi connectivity index (χ1) is 15.2. The molecule has 0 aliphatic rings. The number of nitrogens with one attached hydrogen (secondary N) is 1. The van der Waals surface area contributed by atoms with Crippen LogP contribution in [0.4, 0.5) is 11.4 Å².